The van der Waals surface area contributed by atoms with Crippen molar-refractivity contribution in [1.82, 2.24) is 0 Å². The zero-order chi connectivity index (χ0) is 16.9. The van der Waals surface area contributed by atoms with Crippen LogP contribution >= 0.6 is 0 Å². The Morgan fingerprint density at radius 3 is 2.41 bits per heavy atom. The summed E-state index contributed by atoms with van der Waals surface area (Å²) in [6.45, 7) is 6.39. The van der Waals surface area contributed by atoms with Gasteiger partial charge in [0.05, 0.1) is 24.4 Å². The van der Waals surface area contributed by atoms with Gasteiger partial charge in [-0.3, -0.25) is 4.79 Å². The average molecular weight is 314 g/mol. The number of carboxylic acids is 1. The highest BCUT2D eigenvalue weighted by molar-refractivity contribution is 5.67. The molecule has 0 saturated heterocycles. The van der Waals surface area contributed by atoms with Gasteiger partial charge in [0.1, 0.15) is 0 Å². The lowest BCUT2D eigenvalue weighted by Gasteiger charge is -2.25. The highest BCUT2D eigenvalue weighted by atomic mass is 16.4. The fraction of sp³-hybridized carbons (Fsp3) is 0.824. The molecule has 1 saturated carbocycles. The molecule has 4 atom stereocenters. The van der Waals surface area contributed by atoms with E-state index in [9.17, 15) is 20.1 Å². The van der Waals surface area contributed by atoms with Crippen LogP contribution in [0.2, 0.25) is 0 Å². The average Bonchev–Trinajstić information content (AvgIpc) is 2.68. The van der Waals surface area contributed by atoms with Gasteiger partial charge in [0.25, 0.3) is 0 Å². The van der Waals surface area contributed by atoms with Crippen molar-refractivity contribution >= 4 is 5.97 Å². The maximum absolute atomic E-state index is 10.9. The van der Waals surface area contributed by atoms with Crippen LogP contribution in [0.1, 0.15) is 59.3 Å². The van der Waals surface area contributed by atoms with Crippen molar-refractivity contribution < 1.29 is 25.2 Å². The lowest BCUT2D eigenvalue weighted by atomic mass is 9.82. The van der Waals surface area contributed by atoms with E-state index in [1.807, 2.05) is 0 Å². The van der Waals surface area contributed by atoms with Crippen LogP contribution in [-0.4, -0.2) is 38.6 Å². The minimum atomic E-state index is -1.03. The Morgan fingerprint density at radius 2 is 1.86 bits per heavy atom. The zero-order valence-electron chi connectivity index (χ0n) is 13.8. The molecule has 1 rings (SSSR count). The Morgan fingerprint density at radius 1 is 1.23 bits per heavy atom. The van der Waals surface area contributed by atoms with E-state index < -0.39 is 30.0 Å². The molecule has 5 heteroatoms. The Hall–Kier alpha value is -1.07. The van der Waals surface area contributed by atoms with Gasteiger partial charge in [-0.15, -0.1) is 0 Å². The van der Waals surface area contributed by atoms with Crippen LogP contribution in [-0.2, 0) is 4.79 Å². The van der Waals surface area contributed by atoms with Crippen molar-refractivity contribution in [2.75, 3.05) is 0 Å². The molecular weight excluding hydrogens is 284 g/mol. The quantitative estimate of drug-likeness (QED) is 0.516. The van der Waals surface area contributed by atoms with E-state index in [1.54, 1.807) is 6.08 Å². The smallest absolute Gasteiger partial charge is 0.303 e. The van der Waals surface area contributed by atoms with Crippen molar-refractivity contribution in [3.63, 3.8) is 0 Å². The molecule has 22 heavy (non-hydrogen) atoms. The van der Waals surface area contributed by atoms with E-state index in [4.69, 9.17) is 5.11 Å². The Balaban J connectivity index is 2.77. The van der Waals surface area contributed by atoms with Gasteiger partial charge < -0.3 is 20.4 Å². The summed E-state index contributed by atoms with van der Waals surface area (Å²) >= 11 is 0. The van der Waals surface area contributed by atoms with Crippen LogP contribution in [0.5, 0.6) is 0 Å². The third-order valence-electron chi connectivity index (χ3n) is 4.68. The molecule has 0 spiro atoms. The Kier molecular flexibility index (Phi) is 6.88. The predicted octanol–water partition coefficient (Wildman–Crippen LogP) is 2.87. The number of aliphatic hydroxyl groups excluding tert-OH is 3. The second-order valence-electron chi connectivity index (χ2n) is 7.26. The van der Waals surface area contributed by atoms with Gasteiger partial charge in [-0.25, -0.2) is 0 Å². The SMILES string of the molecule is CCCCC(C)(C)CC=C(O)[C@@H]1[C@@H](CC(=O)O)[C@@H](O)C[C@H]1O. The number of hydrogen-bond donors (Lipinski definition) is 4. The molecule has 5 nitrogen and oxygen atoms in total. The molecule has 128 valence electrons. The molecule has 0 aromatic rings. The summed E-state index contributed by atoms with van der Waals surface area (Å²) in [6.07, 6.45) is 3.71. The van der Waals surface area contributed by atoms with E-state index in [1.165, 1.54) is 0 Å². The van der Waals surface area contributed by atoms with Gasteiger partial charge in [-0.2, -0.15) is 0 Å². The molecule has 0 aromatic heterocycles. The first-order valence-corrected chi connectivity index (χ1v) is 8.15. The monoisotopic (exact) mass is 314 g/mol. The van der Waals surface area contributed by atoms with Crippen molar-refractivity contribution in [1.29, 1.82) is 0 Å². The standard InChI is InChI=1S/C17H30O5/c1-4-5-7-17(2,3)8-6-12(18)16-11(9-15(21)22)13(19)10-14(16)20/h6,11,13-14,16,18-20H,4-5,7-10H2,1-3H3,(H,21,22)/t11-,13-,14+,16-/m0/s1. The van der Waals surface area contributed by atoms with Gasteiger partial charge in [0.15, 0.2) is 0 Å². The maximum atomic E-state index is 10.9. The summed E-state index contributed by atoms with van der Waals surface area (Å²) in [6, 6.07) is 0. The van der Waals surface area contributed by atoms with Crippen LogP contribution in [0.25, 0.3) is 0 Å². The molecule has 0 heterocycles. The van der Waals surface area contributed by atoms with Gasteiger partial charge >= 0.3 is 5.97 Å². The molecule has 1 aliphatic rings. The minimum Gasteiger partial charge on any atom is -0.512 e. The first-order valence-electron chi connectivity index (χ1n) is 8.15. The number of unbranched alkanes of at least 4 members (excludes halogenated alkanes) is 1. The van der Waals surface area contributed by atoms with Crippen molar-refractivity contribution in [3.05, 3.63) is 11.8 Å². The summed E-state index contributed by atoms with van der Waals surface area (Å²) in [5, 5.41) is 39.2. The van der Waals surface area contributed by atoms with Crippen LogP contribution in [0.4, 0.5) is 0 Å². The number of rotatable bonds is 8. The van der Waals surface area contributed by atoms with E-state index in [0.29, 0.717) is 6.42 Å². The van der Waals surface area contributed by atoms with E-state index in [-0.39, 0.29) is 24.0 Å². The summed E-state index contributed by atoms with van der Waals surface area (Å²) in [4.78, 5) is 10.9. The molecule has 4 N–H and O–H groups in total. The Labute approximate surface area is 132 Å². The largest absolute Gasteiger partial charge is 0.512 e. The summed E-state index contributed by atoms with van der Waals surface area (Å²) in [5.74, 6) is -2.34. The van der Waals surface area contributed by atoms with Gasteiger partial charge in [-0.1, -0.05) is 33.6 Å². The van der Waals surface area contributed by atoms with Crippen molar-refractivity contribution in [2.45, 2.75) is 71.5 Å². The number of carbonyl (C=O) groups is 1. The number of allylic oxidation sites excluding steroid dienone is 1. The number of aliphatic hydroxyl groups is 3. The summed E-state index contributed by atoms with van der Waals surface area (Å²) in [5.41, 5.74) is 0.0501. The number of aliphatic carboxylic acids is 1. The number of carboxylic acid groups (broad SMARTS) is 1. The molecule has 0 aliphatic heterocycles. The molecule has 0 unspecified atom stereocenters. The number of hydrogen-bond acceptors (Lipinski definition) is 4. The molecule has 1 aliphatic carbocycles. The third-order valence-corrected chi connectivity index (χ3v) is 4.68. The first-order chi connectivity index (χ1) is 10.2. The van der Waals surface area contributed by atoms with Crippen LogP contribution in [0.3, 0.4) is 0 Å². The molecule has 0 bridgehead atoms. The summed E-state index contributed by atoms with van der Waals surface area (Å²) < 4.78 is 0. The fourth-order valence-corrected chi connectivity index (χ4v) is 3.25. The van der Waals surface area contributed by atoms with Crippen LogP contribution < -0.4 is 0 Å². The van der Waals surface area contributed by atoms with E-state index >= 15 is 0 Å². The third kappa shape index (κ3) is 5.29. The van der Waals surface area contributed by atoms with Crippen molar-refractivity contribution in [2.24, 2.45) is 17.3 Å². The van der Waals surface area contributed by atoms with E-state index in [2.05, 4.69) is 20.8 Å². The maximum Gasteiger partial charge on any atom is 0.303 e. The predicted molar refractivity (Wildman–Crippen MR) is 84.5 cm³/mol. The highest BCUT2D eigenvalue weighted by Crippen LogP contribution is 2.39. The highest BCUT2D eigenvalue weighted by Gasteiger charge is 2.44. The first kappa shape index (κ1) is 19.0. The molecule has 1 fully saturated rings. The minimum absolute atomic E-state index is 0.0138. The Bertz CT molecular complexity index is 402. The molecule has 0 aromatic carbocycles. The fourth-order valence-electron chi connectivity index (χ4n) is 3.25. The lowest BCUT2D eigenvalue weighted by Crippen LogP contribution is -2.26. The van der Waals surface area contributed by atoms with Gasteiger partial charge in [0, 0.05) is 18.3 Å². The second kappa shape index (κ2) is 7.97. The second-order valence-corrected chi connectivity index (χ2v) is 7.26. The molecule has 0 amide bonds. The zero-order valence-corrected chi connectivity index (χ0v) is 13.8. The normalized spacial score (nSPS) is 29.8. The van der Waals surface area contributed by atoms with Crippen molar-refractivity contribution in [3.8, 4) is 0 Å². The lowest BCUT2D eigenvalue weighted by molar-refractivity contribution is -0.139. The van der Waals surface area contributed by atoms with Gasteiger partial charge in [-0.05, 0) is 24.3 Å². The molecular formula is C17H30O5. The van der Waals surface area contributed by atoms with Gasteiger partial charge in [0.2, 0.25) is 0 Å². The van der Waals surface area contributed by atoms with Crippen LogP contribution in [0.15, 0.2) is 11.8 Å². The van der Waals surface area contributed by atoms with E-state index in [0.717, 1.165) is 19.3 Å². The van der Waals surface area contributed by atoms with Crippen LogP contribution in [0, 0.1) is 17.3 Å². The summed E-state index contributed by atoms with van der Waals surface area (Å²) in [7, 11) is 0. The molecule has 0 radical (unpaired) electrons. The topological polar surface area (TPSA) is 98.0 Å².